The first-order valence-electron chi connectivity index (χ1n) is 10.3. The summed E-state index contributed by atoms with van der Waals surface area (Å²) in [5, 5.41) is 19.8. The van der Waals surface area contributed by atoms with Gasteiger partial charge in [0.1, 0.15) is 5.75 Å². The number of ether oxygens (including phenoxy) is 1. The molecule has 0 spiro atoms. The van der Waals surface area contributed by atoms with Crippen molar-refractivity contribution in [2.75, 3.05) is 7.11 Å². The van der Waals surface area contributed by atoms with Gasteiger partial charge in [-0.05, 0) is 76.6 Å². The summed E-state index contributed by atoms with van der Waals surface area (Å²) < 4.78 is 12.6. The number of rotatable bonds is 5. The highest BCUT2D eigenvalue weighted by molar-refractivity contribution is 6.74. The SMILES string of the molecule is COc1cc(C)cc2c1-c1cc(CO)c(CO)cc1C(O[Si](C)(C)C(C)(C)C)C2. The molecule has 158 valence electrons. The Hall–Kier alpha value is -1.66. The Kier molecular flexibility index (Phi) is 5.98. The average Bonchev–Trinajstić information content (AvgIpc) is 2.64. The third kappa shape index (κ3) is 4.01. The van der Waals surface area contributed by atoms with Crippen LogP contribution in [0.2, 0.25) is 18.1 Å². The molecule has 0 aliphatic heterocycles. The second-order valence-corrected chi connectivity index (χ2v) is 14.4. The zero-order valence-electron chi connectivity index (χ0n) is 18.7. The highest BCUT2D eigenvalue weighted by Gasteiger charge is 2.41. The molecule has 2 aromatic rings. The van der Waals surface area contributed by atoms with E-state index < -0.39 is 8.32 Å². The highest BCUT2D eigenvalue weighted by Crippen LogP contribution is 2.49. The van der Waals surface area contributed by atoms with Gasteiger partial charge in [0.05, 0.1) is 26.4 Å². The number of aliphatic hydroxyl groups is 2. The second-order valence-electron chi connectivity index (χ2n) is 9.60. The first-order chi connectivity index (χ1) is 13.5. The maximum atomic E-state index is 9.86. The van der Waals surface area contributed by atoms with Gasteiger partial charge >= 0.3 is 0 Å². The number of aliphatic hydroxyl groups excluding tert-OH is 2. The maximum Gasteiger partial charge on any atom is 0.192 e. The summed E-state index contributed by atoms with van der Waals surface area (Å²) in [6.45, 7) is 13.2. The Morgan fingerprint density at radius 2 is 1.66 bits per heavy atom. The van der Waals surface area contributed by atoms with Gasteiger partial charge in [0.15, 0.2) is 8.32 Å². The van der Waals surface area contributed by atoms with Crippen LogP contribution in [0.4, 0.5) is 0 Å². The standard InChI is InChI=1S/C24H34O4Si/c1-15-8-16-12-21(28-29(6,7)24(2,3)4)19-10-17(13-25)18(14-26)11-20(19)23(16)22(9-15)27-5/h8-11,21,25-26H,12-14H2,1-7H3. The van der Waals surface area contributed by atoms with Gasteiger partial charge in [-0.25, -0.2) is 0 Å². The van der Waals surface area contributed by atoms with Crippen LogP contribution in [0.25, 0.3) is 11.1 Å². The fourth-order valence-electron chi connectivity index (χ4n) is 3.89. The van der Waals surface area contributed by atoms with Crippen molar-refractivity contribution in [1.82, 2.24) is 0 Å². The molecule has 1 atom stereocenters. The first kappa shape index (κ1) is 22.0. The lowest BCUT2D eigenvalue weighted by molar-refractivity contribution is 0.182. The molecule has 1 aliphatic carbocycles. The van der Waals surface area contributed by atoms with Crippen molar-refractivity contribution in [2.24, 2.45) is 0 Å². The van der Waals surface area contributed by atoms with Gasteiger partial charge in [0.25, 0.3) is 0 Å². The minimum absolute atomic E-state index is 0.0806. The van der Waals surface area contributed by atoms with Crippen LogP contribution < -0.4 is 4.74 Å². The largest absolute Gasteiger partial charge is 0.496 e. The minimum Gasteiger partial charge on any atom is -0.496 e. The molecule has 1 unspecified atom stereocenters. The summed E-state index contributed by atoms with van der Waals surface area (Å²) in [6, 6.07) is 8.28. The van der Waals surface area contributed by atoms with Crippen LogP contribution in [0.5, 0.6) is 5.75 Å². The lowest BCUT2D eigenvalue weighted by Gasteiger charge is -2.41. The van der Waals surface area contributed by atoms with E-state index in [0.29, 0.717) is 0 Å². The van der Waals surface area contributed by atoms with E-state index in [-0.39, 0.29) is 24.4 Å². The number of hydrogen-bond donors (Lipinski definition) is 2. The molecule has 0 heterocycles. The van der Waals surface area contributed by atoms with Crippen molar-refractivity contribution in [3.8, 4) is 16.9 Å². The predicted molar refractivity (Wildman–Crippen MR) is 120 cm³/mol. The van der Waals surface area contributed by atoms with E-state index >= 15 is 0 Å². The molecule has 2 aromatic carbocycles. The average molecular weight is 415 g/mol. The lowest BCUT2D eigenvalue weighted by Crippen LogP contribution is -2.42. The minimum atomic E-state index is -2.01. The van der Waals surface area contributed by atoms with Crippen LogP contribution in [0, 0.1) is 6.92 Å². The molecule has 4 nitrogen and oxygen atoms in total. The smallest absolute Gasteiger partial charge is 0.192 e. The zero-order valence-corrected chi connectivity index (χ0v) is 19.7. The van der Waals surface area contributed by atoms with Crippen molar-refractivity contribution < 1.29 is 19.4 Å². The molecular weight excluding hydrogens is 380 g/mol. The quantitative estimate of drug-likeness (QED) is 0.654. The molecule has 0 saturated carbocycles. The molecule has 1 aliphatic rings. The molecule has 0 fully saturated rings. The number of aryl methyl sites for hydroxylation is 1. The van der Waals surface area contributed by atoms with Crippen molar-refractivity contribution in [1.29, 1.82) is 0 Å². The topological polar surface area (TPSA) is 58.9 Å². The van der Waals surface area contributed by atoms with Crippen molar-refractivity contribution >= 4 is 8.32 Å². The van der Waals surface area contributed by atoms with E-state index in [4.69, 9.17) is 9.16 Å². The summed E-state index contributed by atoms with van der Waals surface area (Å²) in [4.78, 5) is 0. The Labute approximate surface area is 175 Å². The first-order valence-corrected chi connectivity index (χ1v) is 13.2. The molecule has 3 rings (SSSR count). The summed E-state index contributed by atoms with van der Waals surface area (Å²) >= 11 is 0. The molecular formula is C24H34O4Si. The van der Waals surface area contributed by atoms with E-state index in [2.05, 4.69) is 52.9 Å². The van der Waals surface area contributed by atoms with Crippen LogP contribution in [0.15, 0.2) is 24.3 Å². The molecule has 0 amide bonds. The van der Waals surface area contributed by atoms with Crippen LogP contribution >= 0.6 is 0 Å². The zero-order chi connectivity index (χ0) is 21.6. The molecule has 0 aromatic heterocycles. The van der Waals surface area contributed by atoms with E-state index in [9.17, 15) is 10.2 Å². The molecule has 5 heteroatoms. The lowest BCUT2D eigenvalue weighted by atomic mass is 9.80. The fourth-order valence-corrected chi connectivity index (χ4v) is 5.16. The van der Waals surface area contributed by atoms with Gasteiger partial charge in [-0.1, -0.05) is 26.8 Å². The van der Waals surface area contributed by atoms with Crippen molar-refractivity contribution in [2.45, 2.75) is 71.6 Å². The molecule has 0 saturated heterocycles. The van der Waals surface area contributed by atoms with Gasteiger partial charge in [-0.15, -0.1) is 0 Å². The number of benzene rings is 2. The van der Waals surface area contributed by atoms with Crippen molar-refractivity contribution in [3.63, 3.8) is 0 Å². The van der Waals surface area contributed by atoms with Crippen molar-refractivity contribution in [3.05, 3.63) is 52.1 Å². The Morgan fingerprint density at radius 1 is 1.03 bits per heavy atom. The van der Waals surface area contributed by atoms with Crippen LogP contribution in [0.3, 0.4) is 0 Å². The second kappa shape index (κ2) is 7.87. The Bertz CT molecular complexity index is 912. The molecule has 2 N–H and O–H groups in total. The highest BCUT2D eigenvalue weighted by atomic mass is 28.4. The van der Waals surface area contributed by atoms with E-state index in [0.717, 1.165) is 45.6 Å². The number of hydrogen-bond acceptors (Lipinski definition) is 4. The summed E-state index contributed by atoms with van der Waals surface area (Å²) in [5.74, 6) is 0.840. The van der Waals surface area contributed by atoms with E-state index in [1.54, 1.807) is 7.11 Å². The van der Waals surface area contributed by atoms with Crippen LogP contribution in [-0.4, -0.2) is 25.6 Å². The Balaban J connectivity index is 2.23. The maximum absolute atomic E-state index is 9.86. The van der Waals surface area contributed by atoms with Crippen LogP contribution in [-0.2, 0) is 24.1 Å². The summed E-state index contributed by atoms with van der Waals surface area (Å²) in [7, 11) is -0.314. The third-order valence-electron chi connectivity index (χ3n) is 6.53. The van der Waals surface area contributed by atoms with Gasteiger partial charge < -0.3 is 19.4 Å². The monoisotopic (exact) mass is 414 g/mol. The molecule has 0 radical (unpaired) electrons. The fraction of sp³-hybridized carbons (Fsp3) is 0.500. The van der Waals surface area contributed by atoms with E-state index in [1.807, 2.05) is 12.1 Å². The van der Waals surface area contributed by atoms with Gasteiger partial charge in [0, 0.05) is 12.0 Å². The van der Waals surface area contributed by atoms with Gasteiger partial charge in [0.2, 0.25) is 0 Å². The third-order valence-corrected chi connectivity index (χ3v) is 11.0. The van der Waals surface area contributed by atoms with Crippen LogP contribution in [0.1, 0.15) is 54.7 Å². The number of fused-ring (bicyclic) bond motifs is 3. The summed E-state index contributed by atoms with van der Waals surface area (Å²) in [5.41, 5.74) is 7.04. The predicted octanol–water partition coefficient (Wildman–Crippen LogP) is 5.27. The summed E-state index contributed by atoms with van der Waals surface area (Å²) in [6.07, 6.45) is 0.693. The van der Waals surface area contributed by atoms with E-state index in [1.165, 1.54) is 5.56 Å². The number of methoxy groups -OCH3 is 1. The Morgan fingerprint density at radius 3 is 2.21 bits per heavy atom. The molecule has 0 bridgehead atoms. The normalized spacial score (nSPS) is 16.4. The van der Waals surface area contributed by atoms with Gasteiger partial charge in [-0.2, -0.15) is 0 Å². The van der Waals surface area contributed by atoms with Gasteiger partial charge in [-0.3, -0.25) is 0 Å². The molecule has 29 heavy (non-hydrogen) atoms.